The highest BCUT2D eigenvalue weighted by Gasteiger charge is 2.20. The Morgan fingerprint density at radius 1 is 0.314 bits per heavy atom. The third-order valence-electron chi connectivity index (χ3n) is 9.66. The first kappa shape index (κ1) is 40.2. The van der Waals surface area contributed by atoms with Gasteiger partial charge in [-0.3, -0.25) is 0 Å². The van der Waals surface area contributed by atoms with E-state index in [2.05, 4.69) is 64.1 Å². The van der Waals surface area contributed by atoms with Crippen molar-refractivity contribution in [3.05, 3.63) is 36.4 Å². The average Bonchev–Trinajstić information content (AvgIpc) is 3.14. The Hall–Kier alpha value is -3.54. The Balaban J connectivity index is 1.91. The van der Waals surface area contributed by atoms with Crippen LogP contribution in [0.5, 0.6) is 34.5 Å². The summed E-state index contributed by atoms with van der Waals surface area (Å²) in [7, 11) is 1.72. The van der Waals surface area contributed by atoms with Crippen LogP contribution in [0.15, 0.2) is 36.4 Å². The molecule has 0 saturated carbocycles. The van der Waals surface area contributed by atoms with E-state index in [1.54, 1.807) is 7.11 Å². The molecular weight excluding hydrogens is 636 g/mol. The number of fused-ring (bicyclic) bond motifs is 6. The highest BCUT2D eigenvalue weighted by Crippen LogP contribution is 2.47. The monoisotopic (exact) mass is 702 g/mol. The van der Waals surface area contributed by atoms with Crippen LogP contribution in [0.3, 0.4) is 0 Å². The summed E-state index contributed by atoms with van der Waals surface area (Å²) in [6.45, 7) is 14.2. The van der Waals surface area contributed by atoms with E-state index in [9.17, 15) is 0 Å². The van der Waals surface area contributed by atoms with Gasteiger partial charge in [0.1, 0.15) is 0 Å². The van der Waals surface area contributed by atoms with Gasteiger partial charge in [-0.05, 0) is 101 Å². The zero-order valence-electron chi connectivity index (χ0n) is 32.8. The van der Waals surface area contributed by atoms with Crippen molar-refractivity contribution in [2.24, 2.45) is 0 Å². The highest BCUT2D eigenvalue weighted by molar-refractivity contribution is 6.26. The zero-order valence-corrected chi connectivity index (χ0v) is 32.8. The van der Waals surface area contributed by atoms with Crippen molar-refractivity contribution in [3.8, 4) is 34.5 Å². The number of hydrogen-bond donors (Lipinski definition) is 0. The lowest BCUT2D eigenvalue weighted by atomic mass is 9.93. The lowest BCUT2D eigenvalue weighted by molar-refractivity contribution is 0.259. The molecule has 0 N–H and O–H groups in total. The number of unbranched alkanes of at least 4 members (excludes halogenated alkanes) is 12. The molecule has 51 heavy (non-hydrogen) atoms. The van der Waals surface area contributed by atoms with E-state index in [-0.39, 0.29) is 0 Å². The first-order valence-electron chi connectivity index (χ1n) is 20.3. The molecule has 4 aromatic rings. The van der Waals surface area contributed by atoms with Crippen LogP contribution in [0.1, 0.15) is 137 Å². The second-order valence-corrected chi connectivity index (χ2v) is 13.8. The summed E-state index contributed by atoms with van der Waals surface area (Å²) in [5.41, 5.74) is 0. The van der Waals surface area contributed by atoms with Crippen LogP contribution >= 0.6 is 0 Å². The molecule has 0 heterocycles. The summed E-state index contributed by atoms with van der Waals surface area (Å²) >= 11 is 0. The summed E-state index contributed by atoms with van der Waals surface area (Å²) in [5, 5.41) is 6.51. The van der Waals surface area contributed by atoms with E-state index in [1.165, 1.54) is 51.4 Å². The molecule has 0 saturated heterocycles. The zero-order chi connectivity index (χ0) is 36.3. The standard InChI is InChI=1S/C45H66O6/c1-7-12-16-20-24-48-41-29-35-34(28-40(41)46-6)37-32-44(50-26-22-18-14-9-3)45(51-27-23-19-15-10-4)33-39(37)36-30-42(47-11-5)43(31-38(35)36)49-25-21-17-13-8-2/h28-33H,7-27H2,1-6H3. The fourth-order valence-electron chi connectivity index (χ4n) is 6.74. The largest absolute Gasteiger partial charge is 0.493 e. The number of ether oxygens (including phenoxy) is 6. The molecule has 0 spiro atoms. The quantitative estimate of drug-likeness (QED) is 0.0455. The van der Waals surface area contributed by atoms with Gasteiger partial charge in [0, 0.05) is 0 Å². The van der Waals surface area contributed by atoms with E-state index in [4.69, 9.17) is 28.4 Å². The predicted molar refractivity (Wildman–Crippen MR) is 215 cm³/mol. The fourth-order valence-corrected chi connectivity index (χ4v) is 6.74. The first-order valence-corrected chi connectivity index (χ1v) is 20.3. The molecule has 0 atom stereocenters. The van der Waals surface area contributed by atoms with Gasteiger partial charge in [-0.15, -0.1) is 0 Å². The number of hydrogen-bond acceptors (Lipinski definition) is 6. The molecule has 4 aromatic carbocycles. The predicted octanol–water partition coefficient (Wildman–Crippen LogP) is 13.4. The maximum atomic E-state index is 6.53. The summed E-state index contributed by atoms with van der Waals surface area (Å²) in [6, 6.07) is 13.0. The third kappa shape index (κ3) is 11.5. The Labute approximate surface area is 308 Å². The van der Waals surface area contributed by atoms with E-state index in [1.807, 2.05) is 6.92 Å². The van der Waals surface area contributed by atoms with Crippen LogP contribution < -0.4 is 28.4 Å². The summed E-state index contributed by atoms with van der Waals surface area (Å²) in [4.78, 5) is 0. The van der Waals surface area contributed by atoms with Gasteiger partial charge in [-0.2, -0.15) is 0 Å². The maximum Gasteiger partial charge on any atom is 0.161 e. The molecule has 0 radical (unpaired) electrons. The van der Waals surface area contributed by atoms with Gasteiger partial charge in [0.2, 0.25) is 0 Å². The molecule has 6 heteroatoms. The molecule has 0 unspecified atom stereocenters. The highest BCUT2D eigenvalue weighted by atomic mass is 16.5. The molecular formula is C45H66O6. The van der Waals surface area contributed by atoms with E-state index in [0.717, 1.165) is 118 Å². The molecule has 0 fully saturated rings. The van der Waals surface area contributed by atoms with Crippen molar-refractivity contribution in [2.45, 2.75) is 137 Å². The molecule has 0 aromatic heterocycles. The summed E-state index contributed by atoms with van der Waals surface area (Å²) < 4.78 is 38.1. The average molecular weight is 703 g/mol. The number of rotatable bonds is 27. The van der Waals surface area contributed by atoms with Gasteiger partial charge in [0.05, 0.1) is 40.1 Å². The SMILES string of the molecule is CCCCCCOc1cc2c(cc1OC)c1cc(OCCCCCC)c(OCCCCCC)cc1c1cc(OCC)c(OCCCCCC)cc21. The van der Waals surface area contributed by atoms with Gasteiger partial charge < -0.3 is 28.4 Å². The Morgan fingerprint density at radius 3 is 0.824 bits per heavy atom. The molecule has 6 nitrogen and oxygen atoms in total. The molecule has 282 valence electrons. The van der Waals surface area contributed by atoms with Gasteiger partial charge in [0.25, 0.3) is 0 Å². The minimum absolute atomic E-state index is 0.554. The van der Waals surface area contributed by atoms with E-state index >= 15 is 0 Å². The molecule has 0 amide bonds. The number of methoxy groups -OCH3 is 1. The smallest absolute Gasteiger partial charge is 0.161 e. The van der Waals surface area contributed by atoms with Crippen LogP contribution in [0.2, 0.25) is 0 Å². The van der Waals surface area contributed by atoms with Gasteiger partial charge in [-0.25, -0.2) is 0 Å². The van der Waals surface area contributed by atoms with Crippen molar-refractivity contribution in [3.63, 3.8) is 0 Å². The third-order valence-corrected chi connectivity index (χ3v) is 9.66. The number of benzene rings is 4. The molecule has 4 rings (SSSR count). The van der Waals surface area contributed by atoms with Crippen molar-refractivity contribution >= 4 is 32.3 Å². The van der Waals surface area contributed by atoms with Crippen LogP contribution in [-0.4, -0.2) is 40.1 Å². The molecule has 0 aliphatic heterocycles. The van der Waals surface area contributed by atoms with Gasteiger partial charge in [-0.1, -0.05) is 105 Å². The summed E-state index contributed by atoms with van der Waals surface area (Å²) in [6.07, 6.45) is 18.4. The van der Waals surface area contributed by atoms with Crippen LogP contribution in [0.4, 0.5) is 0 Å². The minimum Gasteiger partial charge on any atom is -0.493 e. The molecule has 0 aliphatic carbocycles. The van der Waals surface area contributed by atoms with E-state index < -0.39 is 0 Å². The topological polar surface area (TPSA) is 55.4 Å². The van der Waals surface area contributed by atoms with Crippen LogP contribution in [0, 0.1) is 0 Å². The Bertz CT molecular complexity index is 1590. The molecule has 0 aliphatic rings. The van der Waals surface area contributed by atoms with Gasteiger partial charge in [0.15, 0.2) is 34.5 Å². The minimum atomic E-state index is 0.554. The summed E-state index contributed by atoms with van der Waals surface area (Å²) in [5.74, 6) is 4.62. The normalized spacial score (nSPS) is 11.4. The Kier molecular flexibility index (Phi) is 17.7. The molecule has 0 bridgehead atoms. The second kappa shape index (κ2) is 22.4. The Morgan fingerprint density at radius 2 is 0.569 bits per heavy atom. The maximum absolute atomic E-state index is 6.53. The van der Waals surface area contributed by atoms with Crippen molar-refractivity contribution in [2.75, 3.05) is 40.1 Å². The van der Waals surface area contributed by atoms with Gasteiger partial charge >= 0.3 is 0 Å². The van der Waals surface area contributed by atoms with E-state index in [0.29, 0.717) is 33.0 Å². The van der Waals surface area contributed by atoms with Crippen LogP contribution in [-0.2, 0) is 0 Å². The fraction of sp³-hybridized carbons (Fsp3) is 0.600. The second-order valence-electron chi connectivity index (χ2n) is 13.8. The lowest BCUT2D eigenvalue weighted by Crippen LogP contribution is -2.04. The first-order chi connectivity index (χ1) is 25.1. The van der Waals surface area contributed by atoms with Crippen molar-refractivity contribution in [1.82, 2.24) is 0 Å². The van der Waals surface area contributed by atoms with Crippen molar-refractivity contribution in [1.29, 1.82) is 0 Å². The lowest BCUT2D eigenvalue weighted by Gasteiger charge is -2.20. The van der Waals surface area contributed by atoms with Crippen LogP contribution in [0.25, 0.3) is 32.3 Å². The van der Waals surface area contributed by atoms with Crippen molar-refractivity contribution < 1.29 is 28.4 Å².